The molecule has 0 aliphatic carbocycles. The minimum atomic E-state index is -0.538. The smallest absolute Gasteiger partial charge is 0.252 e. The molecule has 0 spiro atoms. The van der Waals surface area contributed by atoms with Gasteiger partial charge in [-0.25, -0.2) is 0 Å². The van der Waals surface area contributed by atoms with E-state index in [1.165, 1.54) is 4.88 Å². The molecule has 0 saturated heterocycles. The molecule has 0 fully saturated rings. The first-order chi connectivity index (χ1) is 12.5. The highest BCUT2D eigenvalue weighted by molar-refractivity contribution is 7.98. The molecule has 2 amide bonds. The fourth-order valence-corrected chi connectivity index (χ4v) is 4.20. The lowest BCUT2D eigenvalue weighted by molar-refractivity contribution is -0.123. The van der Waals surface area contributed by atoms with Gasteiger partial charge in [-0.3, -0.25) is 9.59 Å². The second kappa shape index (κ2) is 10.4. The Morgan fingerprint density at radius 3 is 2.58 bits per heavy atom. The molecule has 0 saturated carbocycles. The molecule has 0 bridgehead atoms. The standard InChI is InChI=1S/C20H26N2O2S2/c1-14(2)18(22-19(23)17-9-5-4-7-15(17)3)20(24)21-10-12-25-13-16-8-6-11-26-16/h4-9,11,14,18H,10,12-13H2,1-3H3,(H,21,24)(H,22,23)/t18-/m0/s1. The van der Waals surface area contributed by atoms with Crippen LogP contribution in [-0.4, -0.2) is 30.2 Å². The summed E-state index contributed by atoms with van der Waals surface area (Å²) >= 11 is 3.54. The summed E-state index contributed by atoms with van der Waals surface area (Å²) in [5.41, 5.74) is 1.51. The Hall–Kier alpha value is -1.79. The number of hydrogen-bond acceptors (Lipinski definition) is 4. The van der Waals surface area contributed by atoms with Crippen molar-refractivity contribution < 1.29 is 9.59 Å². The Morgan fingerprint density at radius 1 is 1.15 bits per heavy atom. The molecule has 140 valence electrons. The fraction of sp³-hybridized carbons (Fsp3) is 0.400. The maximum atomic E-state index is 12.5. The van der Waals surface area contributed by atoms with E-state index >= 15 is 0 Å². The van der Waals surface area contributed by atoms with Crippen LogP contribution in [-0.2, 0) is 10.5 Å². The number of rotatable bonds is 9. The highest BCUT2D eigenvalue weighted by Crippen LogP contribution is 2.16. The van der Waals surface area contributed by atoms with Crippen molar-refractivity contribution in [2.75, 3.05) is 12.3 Å². The summed E-state index contributed by atoms with van der Waals surface area (Å²) in [6, 6.07) is 11.0. The monoisotopic (exact) mass is 390 g/mol. The maximum absolute atomic E-state index is 12.5. The molecule has 0 radical (unpaired) electrons. The lowest BCUT2D eigenvalue weighted by atomic mass is 10.0. The van der Waals surface area contributed by atoms with Gasteiger partial charge in [-0.2, -0.15) is 11.8 Å². The van der Waals surface area contributed by atoms with Crippen molar-refractivity contribution in [1.82, 2.24) is 10.6 Å². The van der Waals surface area contributed by atoms with E-state index in [1.54, 1.807) is 29.2 Å². The third-order valence-electron chi connectivity index (χ3n) is 4.00. The van der Waals surface area contributed by atoms with Crippen molar-refractivity contribution >= 4 is 34.9 Å². The Kier molecular flexibility index (Phi) is 8.19. The number of amides is 2. The van der Waals surface area contributed by atoms with Gasteiger partial charge in [0.25, 0.3) is 5.91 Å². The zero-order valence-electron chi connectivity index (χ0n) is 15.5. The van der Waals surface area contributed by atoms with Gasteiger partial charge in [0.2, 0.25) is 5.91 Å². The first-order valence-electron chi connectivity index (χ1n) is 8.73. The predicted octanol–water partition coefficient (Wildman–Crippen LogP) is 3.86. The number of carbonyl (C=O) groups excluding carboxylic acids is 2. The van der Waals surface area contributed by atoms with E-state index in [0.717, 1.165) is 17.1 Å². The van der Waals surface area contributed by atoms with Crippen LogP contribution >= 0.6 is 23.1 Å². The summed E-state index contributed by atoms with van der Waals surface area (Å²) in [6.07, 6.45) is 0. The Bertz CT molecular complexity index is 714. The van der Waals surface area contributed by atoms with Crippen molar-refractivity contribution in [3.05, 3.63) is 57.8 Å². The number of thioether (sulfide) groups is 1. The van der Waals surface area contributed by atoms with Gasteiger partial charge in [0.15, 0.2) is 0 Å². The predicted molar refractivity (Wildman–Crippen MR) is 111 cm³/mol. The Morgan fingerprint density at radius 2 is 1.92 bits per heavy atom. The molecular weight excluding hydrogens is 364 g/mol. The lowest BCUT2D eigenvalue weighted by Crippen LogP contribution is -2.50. The summed E-state index contributed by atoms with van der Waals surface area (Å²) in [4.78, 5) is 26.3. The molecular formula is C20H26N2O2S2. The number of aryl methyl sites for hydroxylation is 1. The molecule has 1 heterocycles. The molecule has 6 heteroatoms. The zero-order valence-corrected chi connectivity index (χ0v) is 17.1. The van der Waals surface area contributed by atoms with Crippen LogP contribution in [0.4, 0.5) is 0 Å². The van der Waals surface area contributed by atoms with Crippen LogP contribution in [0.5, 0.6) is 0 Å². The zero-order chi connectivity index (χ0) is 18.9. The van der Waals surface area contributed by atoms with Gasteiger partial charge in [-0.15, -0.1) is 11.3 Å². The largest absolute Gasteiger partial charge is 0.353 e. The van der Waals surface area contributed by atoms with E-state index in [2.05, 4.69) is 22.1 Å². The second-order valence-electron chi connectivity index (χ2n) is 6.43. The van der Waals surface area contributed by atoms with Gasteiger partial charge in [-0.1, -0.05) is 38.1 Å². The molecule has 2 rings (SSSR count). The molecule has 2 aromatic rings. The van der Waals surface area contributed by atoms with Gasteiger partial charge >= 0.3 is 0 Å². The van der Waals surface area contributed by atoms with E-state index in [4.69, 9.17) is 0 Å². The van der Waals surface area contributed by atoms with E-state index in [0.29, 0.717) is 12.1 Å². The third-order valence-corrected chi connectivity index (χ3v) is 6.06. The molecule has 0 unspecified atom stereocenters. The maximum Gasteiger partial charge on any atom is 0.252 e. The van der Waals surface area contributed by atoms with Gasteiger partial charge in [0.1, 0.15) is 6.04 Å². The third kappa shape index (κ3) is 6.18. The molecule has 1 aromatic heterocycles. The van der Waals surface area contributed by atoms with Gasteiger partial charge < -0.3 is 10.6 Å². The van der Waals surface area contributed by atoms with E-state index in [-0.39, 0.29) is 17.7 Å². The van der Waals surface area contributed by atoms with Gasteiger partial charge in [0, 0.05) is 28.5 Å². The van der Waals surface area contributed by atoms with Crippen molar-refractivity contribution in [2.45, 2.75) is 32.6 Å². The number of thiophene rings is 1. The van der Waals surface area contributed by atoms with Crippen molar-refractivity contribution in [3.8, 4) is 0 Å². The molecule has 0 aliphatic rings. The molecule has 0 aliphatic heterocycles. The minimum absolute atomic E-state index is 0.0155. The molecule has 1 atom stereocenters. The average Bonchev–Trinajstić information content (AvgIpc) is 3.12. The normalized spacial score (nSPS) is 12.0. The summed E-state index contributed by atoms with van der Waals surface area (Å²) in [5, 5.41) is 7.90. The van der Waals surface area contributed by atoms with Crippen LogP contribution in [0.2, 0.25) is 0 Å². The number of carbonyl (C=O) groups is 2. The molecule has 26 heavy (non-hydrogen) atoms. The summed E-state index contributed by atoms with van der Waals surface area (Å²) in [7, 11) is 0. The van der Waals surface area contributed by atoms with Crippen molar-refractivity contribution in [3.63, 3.8) is 0 Å². The quantitative estimate of drug-likeness (QED) is 0.639. The first kappa shape index (κ1) is 20.5. The molecule has 4 nitrogen and oxygen atoms in total. The highest BCUT2D eigenvalue weighted by atomic mass is 32.2. The lowest BCUT2D eigenvalue weighted by Gasteiger charge is -2.22. The van der Waals surface area contributed by atoms with Crippen molar-refractivity contribution in [1.29, 1.82) is 0 Å². The van der Waals surface area contributed by atoms with Crippen LogP contribution in [0.15, 0.2) is 41.8 Å². The minimum Gasteiger partial charge on any atom is -0.353 e. The second-order valence-corrected chi connectivity index (χ2v) is 8.57. The van der Waals surface area contributed by atoms with E-state index in [1.807, 2.05) is 45.0 Å². The first-order valence-corrected chi connectivity index (χ1v) is 10.8. The van der Waals surface area contributed by atoms with Crippen LogP contribution < -0.4 is 10.6 Å². The summed E-state index contributed by atoms with van der Waals surface area (Å²) < 4.78 is 0. The average molecular weight is 391 g/mol. The van der Waals surface area contributed by atoms with E-state index < -0.39 is 6.04 Å². The Balaban J connectivity index is 1.81. The van der Waals surface area contributed by atoms with Gasteiger partial charge in [0.05, 0.1) is 0 Å². The van der Waals surface area contributed by atoms with Crippen LogP contribution in [0.3, 0.4) is 0 Å². The van der Waals surface area contributed by atoms with Crippen LogP contribution in [0, 0.1) is 12.8 Å². The van der Waals surface area contributed by atoms with E-state index in [9.17, 15) is 9.59 Å². The van der Waals surface area contributed by atoms with Crippen LogP contribution in [0.25, 0.3) is 0 Å². The van der Waals surface area contributed by atoms with Gasteiger partial charge in [-0.05, 0) is 35.9 Å². The Labute approximate surface area is 163 Å². The number of benzene rings is 1. The SMILES string of the molecule is Cc1ccccc1C(=O)N[C@H](C(=O)NCCSCc1cccs1)C(C)C. The van der Waals surface area contributed by atoms with Crippen molar-refractivity contribution in [2.24, 2.45) is 5.92 Å². The summed E-state index contributed by atoms with van der Waals surface area (Å²) in [6.45, 7) is 6.37. The highest BCUT2D eigenvalue weighted by Gasteiger charge is 2.24. The molecule has 2 N–H and O–H groups in total. The number of nitrogens with one attached hydrogen (secondary N) is 2. The topological polar surface area (TPSA) is 58.2 Å². The number of hydrogen-bond donors (Lipinski definition) is 2. The fourth-order valence-electron chi connectivity index (χ4n) is 2.51. The molecule has 1 aromatic carbocycles. The summed E-state index contributed by atoms with van der Waals surface area (Å²) in [5.74, 6) is 1.50. The van der Waals surface area contributed by atoms with Crippen LogP contribution in [0.1, 0.15) is 34.6 Å².